The normalized spacial score (nSPS) is 13.9. The summed E-state index contributed by atoms with van der Waals surface area (Å²) in [6.45, 7) is 11.1. The van der Waals surface area contributed by atoms with Gasteiger partial charge in [-0.3, -0.25) is 10.1 Å². The van der Waals surface area contributed by atoms with E-state index in [0.29, 0.717) is 18.9 Å². The van der Waals surface area contributed by atoms with Crippen LogP contribution in [0.5, 0.6) is 0 Å². The minimum absolute atomic E-state index is 0.0909. The van der Waals surface area contributed by atoms with Crippen molar-refractivity contribution in [3.63, 3.8) is 0 Å². The molecule has 0 aliphatic carbocycles. The molecule has 0 saturated carbocycles. The maximum absolute atomic E-state index is 12.0. The second-order valence-corrected chi connectivity index (χ2v) is 8.35. The lowest BCUT2D eigenvalue weighted by Gasteiger charge is -2.37. The van der Waals surface area contributed by atoms with Crippen LogP contribution in [0, 0.1) is 37.8 Å². The molecule has 1 fully saturated rings. The Morgan fingerprint density at radius 3 is 2.25 bits per heavy atom. The van der Waals surface area contributed by atoms with Gasteiger partial charge < -0.3 is 15.1 Å². The lowest BCUT2D eigenvalue weighted by atomic mass is 10.1. The summed E-state index contributed by atoms with van der Waals surface area (Å²) in [6, 6.07) is 12.3. The van der Waals surface area contributed by atoms with E-state index >= 15 is 0 Å². The third-order valence-corrected chi connectivity index (χ3v) is 5.97. The van der Waals surface area contributed by atoms with Crippen LogP contribution in [0.3, 0.4) is 0 Å². The summed E-state index contributed by atoms with van der Waals surface area (Å²) in [5, 5.41) is 15.2. The zero-order valence-corrected chi connectivity index (χ0v) is 18.9. The number of nitro groups is 1. The van der Waals surface area contributed by atoms with Crippen LogP contribution in [0.1, 0.15) is 22.3 Å². The van der Waals surface area contributed by atoms with Crippen molar-refractivity contribution in [1.82, 2.24) is 9.97 Å². The number of nitrogens with one attached hydrogen (secondary N) is 1. The van der Waals surface area contributed by atoms with Crippen LogP contribution in [0.25, 0.3) is 0 Å². The van der Waals surface area contributed by atoms with Crippen molar-refractivity contribution >= 4 is 28.7 Å². The van der Waals surface area contributed by atoms with E-state index in [0.717, 1.165) is 29.9 Å². The molecule has 3 aromatic rings. The van der Waals surface area contributed by atoms with Crippen LogP contribution >= 0.6 is 0 Å². The summed E-state index contributed by atoms with van der Waals surface area (Å²) in [5.74, 6) is 0.569. The first-order valence-electron chi connectivity index (χ1n) is 10.7. The molecule has 8 heteroatoms. The van der Waals surface area contributed by atoms with Gasteiger partial charge in [0.15, 0.2) is 0 Å². The Bertz CT molecular complexity index is 1130. The molecule has 0 spiro atoms. The molecule has 2 heterocycles. The molecule has 1 N–H and O–H groups in total. The van der Waals surface area contributed by atoms with Crippen LogP contribution in [-0.4, -0.2) is 41.1 Å². The molecular formula is C24H28N6O2. The smallest absolute Gasteiger partial charge is 0.353 e. The third-order valence-electron chi connectivity index (χ3n) is 5.97. The Kier molecular flexibility index (Phi) is 5.94. The largest absolute Gasteiger partial charge is 0.368 e. The van der Waals surface area contributed by atoms with E-state index in [9.17, 15) is 10.1 Å². The van der Waals surface area contributed by atoms with E-state index in [2.05, 4.69) is 58.3 Å². The minimum atomic E-state index is -0.391. The van der Waals surface area contributed by atoms with Gasteiger partial charge in [-0.1, -0.05) is 18.2 Å². The summed E-state index contributed by atoms with van der Waals surface area (Å²) >= 11 is 0. The van der Waals surface area contributed by atoms with Gasteiger partial charge in [-0.05, 0) is 68.1 Å². The first-order chi connectivity index (χ1) is 15.3. The molecule has 0 bridgehead atoms. The van der Waals surface area contributed by atoms with E-state index < -0.39 is 4.92 Å². The number of hydrogen-bond donors (Lipinski definition) is 1. The fourth-order valence-electron chi connectivity index (χ4n) is 4.28. The van der Waals surface area contributed by atoms with Crippen LogP contribution in [0.4, 0.5) is 28.7 Å². The molecule has 1 aliphatic rings. The van der Waals surface area contributed by atoms with Crippen molar-refractivity contribution in [2.75, 3.05) is 41.3 Å². The highest BCUT2D eigenvalue weighted by atomic mass is 16.6. The summed E-state index contributed by atoms with van der Waals surface area (Å²) < 4.78 is 0. The number of nitrogens with zero attached hydrogens (tertiary/aromatic N) is 5. The van der Waals surface area contributed by atoms with Crippen LogP contribution in [0.15, 0.2) is 42.7 Å². The molecule has 2 aromatic carbocycles. The van der Waals surface area contributed by atoms with Crippen molar-refractivity contribution in [2.45, 2.75) is 27.7 Å². The van der Waals surface area contributed by atoms with Crippen molar-refractivity contribution in [2.24, 2.45) is 0 Å². The number of hydrogen-bond acceptors (Lipinski definition) is 7. The number of piperazine rings is 1. The third kappa shape index (κ3) is 4.34. The highest BCUT2D eigenvalue weighted by Crippen LogP contribution is 2.35. The molecule has 0 atom stereocenters. The maximum atomic E-state index is 12.0. The van der Waals surface area contributed by atoms with Gasteiger partial charge in [0, 0.05) is 37.6 Å². The molecule has 8 nitrogen and oxygen atoms in total. The number of aryl methyl sites for hydroxylation is 3. The van der Waals surface area contributed by atoms with Crippen molar-refractivity contribution < 1.29 is 4.92 Å². The predicted octanol–water partition coefficient (Wildman–Crippen LogP) is 4.69. The van der Waals surface area contributed by atoms with Crippen molar-refractivity contribution in [3.8, 4) is 0 Å². The highest BCUT2D eigenvalue weighted by molar-refractivity contribution is 5.75. The fourth-order valence-corrected chi connectivity index (χ4v) is 4.28. The summed E-state index contributed by atoms with van der Waals surface area (Å²) in [7, 11) is 0. The zero-order chi connectivity index (χ0) is 22.8. The van der Waals surface area contributed by atoms with Gasteiger partial charge in [0.2, 0.25) is 11.6 Å². The lowest BCUT2D eigenvalue weighted by molar-refractivity contribution is -0.383. The van der Waals surface area contributed by atoms with Gasteiger partial charge in [-0.2, -0.15) is 0 Å². The topological polar surface area (TPSA) is 87.4 Å². The molecule has 1 aliphatic heterocycles. The highest BCUT2D eigenvalue weighted by Gasteiger charge is 2.29. The molecule has 166 valence electrons. The molecule has 32 heavy (non-hydrogen) atoms. The monoisotopic (exact) mass is 432 g/mol. The number of aromatic nitrogens is 2. The Hall–Kier alpha value is -3.68. The zero-order valence-electron chi connectivity index (χ0n) is 18.9. The molecule has 4 rings (SSSR count). The number of rotatable bonds is 5. The van der Waals surface area contributed by atoms with Crippen LogP contribution in [0.2, 0.25) is 0 Å². The van der Waals surface area contributed by atoms with E-state index in [4.69, 9.17) is 0 Å². The SMILES string of the molecule is Cc1cc(C)cc(Nc2ncnc(N3CCN(c4cccc(C)c4C)CC3)c2[N+](=O)[O-])c1. The van der Waals surface area contributed by atoms with E-state index in [-0.39, 0.29) is 11.5 Å². The first-order valence-corrected chi connectivity index (χ1v) is 10.7. The predicted molar refractivity (Wildman–Crippen MR) is 128 cm³/mol. The quantitative estimate of drug-likeness (QED) is 0.462. The number of benzene rings is 2. The molecule has 1 saturated heterocycles. The van der Waals surface area contributed by atoms with Gasteiger partial charge in [-0.25, -0.2) is 9.97 Å². The molecule has 1 aromatic heterocycles. The van der Waals surface area contributed by atoms with Gasteiger partial charge >= 0.3 is 5.69 Å². The Balaban J connectivity index is 1.58. The fraction of sp³-hybridized carbons (Fsp3) is 0.333. The molecule has 0 radical (unpaired) electrons. The van der Waals surface area contributed by atoms with Crippen LogP contribution in [-0.2, 0) is 0 Å². The molecule has 0 unspecified atom stereocenters. The van der Waals surface area contributed by atoms with Crippen LogP contribution < -0.4 is 15.1 Å². The standard InChI is InChI=1S/C24H28N6O2/c1-16-12-17(2)14-20(13-16)27-23-22(30(31)32)24(26-15-25-23)29-10-8-28(9-11-29)21-7-5-6-18(3)19(21)4/h5-7,12-15H,8-11H2,1-4H3,(H,25,26,27). The van der Waals surface area contributed by atoms with Gasteiger partial charge in [-0.15, -0.1) is 0 Å². The van der Waals surface area contributed by atoms with E-state index in [1.54, 1.807) is 0 Å². The Morgan fingerprint density at radius 1 is 0.938 bits per heavy atom. The Morgan fingerprint density at radius 2 is 1.59 bits per heavy atom. The first kappa shape index (κ1) is 21.5. The second kappa shape index (κ2) is 8.82. The average Bonchev–Trinajstić information content (AvgIpc) is 2.75. The van der Waals surface area contributed by atoms with E-state index in [1.807, 2.05) is 30.9 Å². The van der Waals surface area contributed by atoms with Crippen molar-refractivity contribution in [1.29, 1.82) is 0 Å². The van der Waals surface area contributed by atoms with Gasteiger partial charge in [0.25, 0.3) is 0 Å². The average molecular weight is 433 g/mol. The molecular weight excluding hydrogens is 404 g/mol. The second-order valence-electron chi connectivity index (χ2n) is 8.35. The van der Waals surface area contributed by atoms with Gasteiger partial charge in [0.05, 0.1) is 4.92 Å². The summed E-state index contributed by atoms with van der Waals surface area (Å²) in [6.07, 6.45) is 1.39. The summed E-state index contributed by atoms with van der Waals surface area (Å²) in [5.41, 5.74) is 6.59. The van der Waals surface area contributed by atoms with Crippen molar-refractivity contribution in [3.05, 3.63) is 75.1 Å². The number of anilines is 4. The minimum Gasteiger partial charge on any atom is -0.368 e. The molecule has 0 amide bonds. The summed E-state index contributed by atoms with van der Waals surface area (Å²) in [4.78, 5) is 24.4. The van der Waals surface area contributed by atoms with E-state index in [1.165, 1.54) is 23.1 Å². The Labute approximate surface area is 188 Å². The maximum Gasteiger partial charge on any atom is 0.353 e. The van der Waals surface area contributed by atoms with Gasteiger partial charge in [0.1, 0.15) is 6.33 Å². The lowest BCUT2D eigenvalue weighted by Crippen LogP contribution is -2.47.